The first-order chi connectivity index (χ1) is 12.3. The van der Waals surface area contributed by atoms with Crippen LogP contribution in [-0.4, -0.2) is 32.0 Å². The molecule has 1 aliphatic carbocycles. The molecule has 0 amide bonds. The van der Waals surface area contributed by atoms with Gasteiger partial charge in [-0.2, -0.15) is 0 Å². The number of nitrogens with two attached hydrogens (primary N) is 2. The van der Waals surface area contributed by atoms with Crippen molar-refractivity contribution in [1.82, 2.24) is 0 Å². The number of hydrogen-bond donors (Lipinski definition) is 6. The van der Waals surface area contributed by atoms with Crippen molar-refractivity contribution in [3.05, 3.63) is 47.5 Å². The molecule has 3 unspecified atom stereocenters. The predicted octanol–water partition coefficient (Wildman–Crippen LogP) is 2.12. The van der Waals surface area contributed by atoms with Gasteiger partial charge in [-0.15, -0.1) is 0 Å². The molecular weight excluding hydrogens is 332 g/mol. The van der Waals surface area contributed by atoms with Crippen LogP contribution in [0.15, 0.2) is 36.4 Å². The van der Waals surface area contributed by atoms with Crippen LogP contribution < -0.4 is 11.5 Å². The summed E-state index contributed by atoms with van der Waals surface area (Å²) in [4.78, 5) is 0. The van der Waals surface area contributed by atoms with Gasteiger partial charge in [-0.1, -0.05) is 12.1 Å². The molecule has 3 rings (SSSR count). The molecule has 0 bridgehead atoms. The molecule has 1 saturated carbocycles. The van der Waals surface area contributed by atoms with E-state index in [0.717, 1.165) is 30.4 Å². The SMILES string of the molecule is NC1CCC(N)(Cc2ccc(O)c(O)c2)C(Cc2ccc(O)c(O)c2)C1. The number of aromatic hydroxyl groups is 4. The second-order valence-corrected chi connectivity index (χ2v) is 7.49. The molecule has 26 heavy (non-hydrogen) atoms. The fourth-order valence-corrected chi connectivity index (χ4v) is 3.94. The largest absolute Gasteiger partial charge is 0.504 e. The van der Waals surface area contributed by atoms with Gasteiger partial charge in [-0.25, -0.2) is 0 Å². The molecule has 2 aromatic carbocycles. The molecule has 2 aromatic rings. The fraction of sp³-hybridized carbons (Fsp3) is 0.400. The van der Waals surface area contributed by atoms with Crippen LogP contribution in [0.3, 0.4) is 0 Å². The zero-order valence-corrected chi connectivity index (χ0v) is 14.6. The highest BCUT2D eigenvalue weighted by Crippen LogP contribution is 2.38. The highest BCUT2D eigenvalue weighted by atomic mass is 16.3. The Labute approximate surface area is 152 Å². The molecule has 1 fully saturated rings. The molecule has 6 heteroatoms. The van der Waals surface area contributed by atoms with Crippen molar-refractivity contribution in [3.8, 4) is 23.0 Å². The molecule has 0 radical (unpaired) electrons. The monoisotopic (exact) mass is 358 g/mol. The van der Waals surface area contributed by atoms with Gasteiger partial charge in [0.25, 0.3) is 0 Å². The molecular formula is C20H26N2O4. The summed E-state index contributed by atoms with van der Waals surface area (Å²) < 4.78 is 0. The fourth-order valence-electron chi connectivity index (χ4n) is 3.94. The minimum atomic E-state index is -0.507. The Morgan fingerprint density at radius 3 is 2.08 bits per heavy atom. The van der Waals surface area contributed by atoms with Gasteiger partial charge in [-0.05, 0) is 73.4 Å². The van der Waals surface area contributed by atoms with Crippen LogP contribution in [0.4, 0.5) is 0 Å². The Hall–Kier alpha value is -2.44. The highest BCUT2D eigenvalue weighted by molar-refractivity contribution is 5.42. The second-order valence-electron chi connectivity index (χ2n) is 7.49. The Morgan fingerprint density at radius 1 is 0.885 bits per heavy atom. The Bertz CT molecular complexity index is 795. The van der Waals surface area contributed by atoms with Crippen molar-refractivity contribution in [2.45, 2.75) is 43.7 Å². The van der Waals surface area contributed by atoms with Gasteiger partial charge in [-0.3, -0.25) is 0 Å². The lowest BCUT2D eigenvalue weighted by Crippen LogP contribution is -2.55. The van der Waals surface area contributed by atoms with Crippen molar-refractivity contribution in [1.29, 1.82) is 0 Å². The van der Waals surface area contributed by atoms with Crippen molar-refractivity contribution >= 4 is 0 Å². The smallest absolute Gasteiger partial charge is 0.157 e. The Kier molecular flexibility index (Phi) is 4.98. The van der Waals surface area contributed by atoms with Crippen LogP contribution >= 0.6 is 0 Å². The third kappa shape index (κ3) is 3.86. The van der Waals surface area contributed by atoms with E-state index in [1.165, 1.54) is 12.1 Å². The minimum absolute atomic E-state index is 0.0793. The number of hydrogen-bond acceptors (Lipinski definition) is 6. The van der Waals surface area contributed by atoms with Gasteiger partial charge >= 0.3 is 0 Å². The molecule has 3 atom stereocenters. The maximum atomic E-state index is 9.75. The minimum Gasteiger partial charge on any atom is -0.504 e. The topological polar surface area (TPSA) is 133 Å². The predicted molar refractivity (Wildman–Crippen MR) is 99.2 cm³/mol. The van der Waals surface area contributed by atoms with E-state index in [0.29, 0.717) is 12.8 Å². The first-order valence-electron chi connectivity index (χ1n) is 8.83. The average Bonchev–Trinajstić information content (AvgIpc) is 2.58. The normalized spacial score (nSPS) is 25.9. The van der Waals surface area contributed by atoms with Crippen LogP contribution in [-0.2, 0) is 12.8 Å². The van der Waals surface area contributed by atoms with Gasteiger partial charge in [0.2, 0.25) is 0 Å². The quantitative estimate of drug-likeness (QED) is 0.464. The first kappa shape index (κ1) is 18.4. The Balaban J connectivity index is 1.84. The van der Waals surface area contributed by atoms with E-state index in [1.807, 2.05) is 0 Å². The third-order valence-electron chi connectivity index (χ3n) is 5.48. The summed E-state index contributed by atoms with van der Waals surface area (Å²) in [5.74, 6) is -0.507. The molecule has 140 valence electrons. The summed E-state index contributed by atoms with van der Waals surface area (Å²) in [5.41, 5.74) is 14.2. The van der Waals surface area contributed by atoms with E-state index in [9.17, 15) is 20.4 Å². The van der Waals surface area contributed by atoms with E-state index in [4.69, 9.17) is 11.5 Å². The highest BCUT2D eigenvalue weighted by Gasteiger charge is 2.39. The molecule has 0 aromatic heterocycles. The van der Waals surface area contributed by atoms with E-state index >= 15 is 0 Å². The molecule has 0 heterocycles. The molecule has 0 aliphatic heterocycles. The van der Waals surface area contributed by atoms with E-state index in [1.54, 1.807) is 24.3 Å². The number of phenols is 4. The Morgan fingerprint density at radius 2 is 1.46 bits per heavy atom. The zero-order valence-electron chi connectivity index (χ0n) is 14.6. The van der Waals surface area contributed by atoms with Gasteiger partial charge in [0.05, 0.1) is 0 Å². The molecule has 8 N–H and O–H groups in total. The summed E-state index contributed by atoms with van der Waals surface area (Å²) in [6.45, 7) is 0. The number of rotatable bonds is 4. The van der Waals surface area contributed by atoms with Gasteiger partial charge < -0.3 is 31.9 Å². The molecule has 0 saturated heterocycles. The van der Waals surface area contributed by atoms with Crippen LogP contribution in [0.25, 0.3) is 0 Å². The maximum Gasteiger partial charge on any atom is 0.157 e. The first-order valence-corrected chi connectivity index (χ1v) is 8.83. The van der Waals surface area contributed by atoms with Gasteiger partial charge in [0, 0.05) is 11.6 Å². The third-order valence-corrected chi connectivity index (χ3v) is 5.48. The standard InChI is InChI=1S/C20H26N2O4/c21-15-5-6-20(22,11-13-2-4-17(24)19(26)9-13)14(10-15)7-12-1-3-16(23)18(25)8-12/h1-4,8-9,14-15,23-26H,5-7,10-11,21-22H2. The molecule has 1 aliphatic rings. The van der Waals surface area contributed by atoms with Crippen molar-refractivity contribution in [3.63, 3.8) is 0 Å². The van der Waals surface area contributed by atoms with E-state index in [2.05, 4.69) is 0 Å². The lowest BCUT2D eigenvalue weighted by Gasteiger charge is -2.44. The second kappa shape index (κ2) is 7.05. The molecule has 6 nitrogen and oxygen atoms in total. The van der Waals surface area contributed by atoms with E-state index in [-0.39, 0.29) is 35.0 Å². The van der Waals surface area contributed by atoms with E-state index < -0.39 is 5.54 Å². The number of benzene rings is 2. The summed E-state index contributed by atoms with van der Waals surface area (Å²) >= 11 is 0. The lowest BCUT2D eigenvalue weighted by molar-refractivity contribution is 0.170. The van der Waals surface area contributed by atoms with Crippen LogP contribution in [0.5, 0.6) is 23.0 Å². The van der Waals surface area contributed by atoms with Crippen LogP contribution in [0.2, 0.25) is 0 Å². The molecule has 0 spiro atoms. The van der Waals surface area contributed by atoms with Crippen LogP contribution in [0.1, 0.15) is 30.4 Å². The summed E-state index contributed by atoms with van der Waals surface area (Å²) in [6, 6.07) is 9.67. The van der Waals surface area contributed by atoms with Gasteiger partial charge in [0.1, 0.15) is 0 Å². The summed E-state index contributed by atoms with van der Waals surface area (Å²) in [7, 11) is 0. The van der Waals surface area contributed by atoms with Crippen molar-refractivity contribution < 1.29 is 20.4 Å². The van der Waals surface area contributed by atoms with Gasteiger partial charge in [0.15, 0.2) is 23.0 Å². The number of phenolic OH excluding ortho intramolecular Hbond substituents is 4. The average molecular weight is 358 g/mol. The van der Waals surface area contributed by atoms with Crippen molar-refractivity contribution in [2.24, 2.45) is 17.4 Å². The van der Waals surface area contributed by atoms with Crippen LogP contribution in [0, 0.1) is 5.92 Å². The summed E-state index contributed by atoms with van der Waals surface area (Å²) in [5, 5.41) is 38.5. The summed E-state index contributed by atoms with van der Waals surface area (Å²) in [6.07, 6.45) is 3.55. The zero-order chi connectivity index (χ0) is 18.9. The maximum absolute atomic E-state index is 9.75. The lowest BCUT2D eigenvalue weighted by atomic mass is 9.67. The van der Waals surface area contributed by atoms with Crippen molar-refractivity contribution in [2.75, 3.05) is 0 Å².